The number of rotatable bonds is 10. The van der Waals surface area contributed by atoms with Crippen LogP contribution < -0.4 is 0 Å². The van der Waals surface area contributed by atoms with E-state index in [1.165, 1.54) is 12.8 Å². The summed E-state index contributed by atoms with van der Waals surface area (Å²) in [5.41, 5.74) is 0. The predicted octanol–water partition coefficient (Wildman–Crippen LogP) is 5.41. The van der Waals surface area contributed by atoms with Crippen molar-refractivity contribution in [1.82, 2.24) is 0 Å². The molecule has 4 atom stereocenters. The first-order valence-corrected chi connectivity index (χ1v) is 13.1. The Balaban J connectivity index is 3.07. The zero-order chi connectivity index (χ0) is 20.2. The Hall–Kier alpha value is -0.203. The van der Waals surface area contributed by atoms with Crippen LogP contribution in [-0.2, 0) is 13.9 Å². The fraction of sp³-hybridized carbons (Fsp3) is 0.905. The summed E-state index contributed by atoms with van der Waals surface area (Å²) in [5.74, 6) is -0.648. The molecule has 0 amide bonds. The standard InChI is InChI=1S/C21H42O4Si/c1-10-12-13-15-17-19(24-21(6,7)23-17)18(16(22)14-11-2)25-26(8,9)20(3,4)5/h11,16-19,22H,2,10,12-15H2,1,3-9H3/t16-,17-,18-,19+/m0/s1. The molecule has 26 heavy (non-hydrogen) atoms. The Morgan fingerprint density at radius 1 is 1.23 bits per heavy atom. The number of unbranched alkanes of at least 4 members (excludes halogenated alkanes) is 2. The molecule has 0 aromatic carbocycles. The van der Waals surface area contributed by atoms with E-state index in [2.05, 4.69) is 47.4 Å². The van der Waals surface area contributed by atoms with Gasteiger partial charge in [0.1, 0.15) is 12.2 Å². The van der Waals surface area contributed by atoms with Crippen LogP contribution in [-0.4, -0.2) is 43.6 Å². The molecule has 0 aromatic heterocycles. The third-order valence-corrected chi connectivity index (χ3v) is 10.1. The molecule has 1 fully saturated rings. The van der Waals surface area contributed by atoms with Crippen LogP contribution in [0, 0.1) is 0 Å². The maximum Gasteiger partial charge on any atom is 0.192 e. The topological polar surface area (TPSA) is 47.9 Å². The van der Waals surface area contributed by atoms with Crippen LogP contribution in [0.3, 0.4) is 0 Å². The summed E-state index contributed by atoms with van der Waals surface area (Å²) in [6.07, 6.45) is 5.26. The summed E-state index contributed by atoms with van der Waals surface area (Å²) in [6.45, 7) is 21.0. The fourth-order valence-corrected chi connectivity index (χ4v) is 4.47. The molecule has 1 aliphatic rings. The van der Waals surface area contributed by atoms with Crippen LogP contribution in [0.15, 0.2) is 12.7 Å². The van der Waals surface area contributed by atoms with Crippen LogP contribution in [0.1, 0.15) is 73.6 Å². The first kappa shape index (κ1) is 23.8. The highest BCUT2D eigenvalue weighted by Crippen LogP contribution is 2.41. The second-order valence-electron chi connectivity index (χ2n) is 9.57. The van der Waals surface area contributed by atoms with Gasteiger partial charge in [0.25, 0.3) is 0 Å². The maximum absolute atomic E-state index is 10.8. The van der Waals surface area contributed by atoms with Crippen molar-refractivity contribution < 1.29 is 19.0 Å². The summed E-state index contributed by atoms with van der Waals surface area (Å²) < 4.78 is 19.1. The Labute approximate surface area is 162 Å². The van der Waals surface area contributed by atoms with Gasteiger partial charge in [-0.05, 0) is 44.8 Å². The molecule has 0 bridgehead atoms. The smallest absolute Gasteiger partial charge is 0.192 e. The van der Waals surface area contributed by atoms with Crippen LogP contribution in [0.5, 0.6) is 0 Å². The molecule has 5 heteroatoms. The molecule has 4 nitrogen and oxygen atoms in total. The van der Waals surface area contributed by atoms with Gasteiger partial charge < -0.3 is 19.0 Å². The lowest BCUT2D eigenvalue weighted by atomic mass is 9.97. The third kappa shape index (κ3) is 6.45. The molecule has 0 aromatic rings. The first-order valence-electron chi connectivity index (χ1n) is 10.2. The largest absolute Gasteiger partial charge is 0.409 e. The quantitative estimate of drug-likeness (QED) is 0.310. The zero-order valence-electron chi connectivity index (χ0n) is 18.3. The van der Waals surface area contributed by atoms with E-state index in [1.807, 2.05) is 13.8 Å². The van der Waals surface area contributed by atoms with Crippen LogP contribution in [0.2, 0.25) is 18.1 Å². The Bertz CT molecular complexity index is 442. The minimum atomic E-state index is -2.07. The number of ether oxygens (including phenoxy) is 2. The average Bonchev–Trinajstić information content (AvgIpc) is 2.79. The molecule has 1 rings (SSSR count). The third-order valence-electron chi connectivity index (χ3n) is 5.66. The van der Waals surface area contributed by atoms with Gasteiger partial charge >= 0.3 is 0 Å². The van der Waals surface area contributed by atoms with Crippen molar-refractivity contribution in [3.63, 3.8) is 0 Å². The number of aliphatic hydroxyl groups excluding tert-OH is 1. The first-order chi connectivity index (χ1) is 11.8. The molecule has 0 spiro atoms. The van der Waals surface area contributed by atoms with E-state index in [0.29, 0.717) is 6.42 Å². The van der Waals surface area contributed by atoms with Gasteiger partial charge in [0.2, 0.25) is 0 Å². The highest BCUT2D eigenvalue weighted by Gasteiger charge is 2.50. The van der Waals surface area contributed by atoms with Gasteiger partial charge in [-0.25, -0.2) is 0 Å². The van der Waals surface area contributed by atoms with Crippen LogP contribution in [0.4, 0.5) is 0 Å². The van der Waals surface area contributed by atoms with Crippen LogP contribution in [0.25, 0.3) is 0 Å². The average molecular weight is 387 g/mol. The molecule has 1 saturated heterocycles. The molecule has 154 valence electrons. The Morgan fingerprint density at radius 3 is 2.35 bits per heavy atom. The predicted molar refractivity (Wildman–Crippen MR) is 111 cm³/mol. The van der Waals surface area contributed by atoms with Gasteiger partial charge in [-0.1, -0.05) is 53.0 Å². The van der Waals surface area contributed by atoms with Crippen molar-refractivity contribution in [2.24, 2.45) is 0 Å². The monoisotopic (exact) mass is 386 g/mol. The fourth-order valence-electron chi connectivity index (χ4n) is 3.15. The molecular weight excluding hydrogens is 344 g/mol. The van der Waals surface area contributed by atoms with E-state index in [1.54, 1.807) is 6.08 Å². The Morgan fingerprint density at radius 2 is 1.85 bits per heavy atom. The second kappa shape index (κ2) is 9.33. The summed E-state index contributed by atoms with van der Waals surface area (Å²) >= 11 is 0. The van der Waals surface area contributed by atoms with Crippen molar-refractivity contribution in [2.45, 2.75) is 122 Å². The van der Waals surface area contributed by atoms with E-state index in [-0.39, 0.29) is 17.2 Å². The van der Waals surface area contributed by atoms with Gasteiger partial charge in [-0.15, -0.1) is 6.58 Å². The minimum Gasteiger partial charge on any atom is -0.409 e. The number of hydrogen-bond donors (Lipinski definition) is 1. The lowest BCUT2D eigenvalue weighted by Gasteiger charge is -2.42. The van der Waals surface area contributed by atoms with E-state index in [0.717, 1.165) is 12.8 Å². The lowest BCUT2D eigenvalue weighted by Crippen LogP contribution is -2.53. The van der Waals surface area contributed by atoms with Gasteiger partial charge in [-0.3, -0.25) is 0 Å². The number of hydrogen-bond acceptors (Lipinski definition) is 4. The van der Waals surface area contributed by atoms with Gasteiger partial charge in [0.05, 0.1) is 12.2 Å². The molecule has 0 aliphatic carbocycles. The highest BCUT2D eigenvalue weighted by molar-refractivity contribution is 6.74. The van der Waals surface area contributed by atoms with Gasteiger partial charge in [0, 0.05) is 0 Å². The van der Waals surface area contributed by atoms with E-state index >= 15 is 0 Å². The van der Waals surface area contributed by atoms with Crippen molar-refractivity contribution in [2.75, 3.05) is 0 Å². The summed E-state index contributed by atoms with van der Waals surface area (Å²) in [7, 11) is -2.07. The highest BCUT2D eigenvalue weighted by atomic mass is 28.4. The van der Waals surface area contributed by atoms with E-state index < -0.39 is 26.3 Å². The maximum atomic E-state index is 10.8. The SMILES string of the molecule is C=CC[C@H](O)[C@H](O[Si](C)(C)C(C)(C)C)[C@@H]1OC(C)(C)O[C@H]1CCCCC. The summed E-state index contributed by atoms with van der Waals surface area (Å²) in [4.78, 5) is 0. The normalized spacial score (nSPS) is 25.9. The molecule has 0 unspecified atom stereocenters. The molecular formula is C21H42O4Si. The van der Waals surface area contributed by atoms with Gasteiger partial charge in [0.15, 0.2) is 14.1 Å². The van der Waals surface area contributed by atoms with Crippen molar-refractivity contribution in [3.8, 4) is 0 Å². The molecule has 1 N–H and O–H groups in total. The lowest BCUT2D eigenvalue weighted by molar-refractivity contribution is -0.160. The molecule has 1 heterocycles. The number of aliphatic hydroxyl groups is 1. The Kier molecular flexibility index (Phi) is 8.55. The molecule has 0 saturated carbocycles. The second-order valence-corrected chi connectivity index (χ2v) is 14.3. The molecule has 0 radical (unpaired) electrons. The van der Waals surface area contributed by atoms with Crippen molar-refractivity contribution >= 4 is 8.32 Å². The van der Waals surface area contributed by atoms with Gasteiger partial charge in [-0.2, -0.15) is 0 Å². The van der Waals surface area contributed by atoms with Crippen molar-refractivity contribution in [1.29, 1.82) is 0 Å². The van der Waals surface area contributed by atoms with Crippen molar-refractivity contribution in [3.05, 3.63) is 12.7 Å². The molecule has 1 aliphatic heterocycles. The van der Waals surface area contributed by atoms with Crippen LogP contribution >= 0.6 is 0 Å². The zero-order valence-corrected chi connectivity index (χ0v) is 19.3. The van der Waals surface area contributed by atoms with E-state index in [4.69, 9.17) is 13.9 Å². The summed E-state index contributed by atoms with van der Waals surface area (Å²) in [6, 6.07) is 0. The summed E-state index contributed by atoms with van der Waals surface area (Å²) in [5, 5.41) is 10.9. The minimum absolute atomic E-state index is 0.0502. The van der Waals surface area contributed by atoms with E-state index in [9.17, 15) is 5.11 Å².